The van der Waals surface area contributed by atoms with E-state index in [4.69, 9.17) is 9.47 Å². The van der Waals surface area contributed by atoms with Crippen LogP contribution >= 0.6 is 0 Å². The average Bonchev–Trinajstić information content (AvgIpc) is 3.12. The Morgan fingerprint density at radius 2 is 1.48 bits per heavy atom. The number of ether oxygens (including phenoxy) is 2. The van der Waals surface area contributed by atoms with Gasteiger partial charge in [-0.05, 0) is 39.9 Å². The Labute approximate surface area is 191 Å². The van der Waals surface area contributed by atoms with Crippen molar-refractivity contribution in [3.63, 3.8) is 0 Å². The SMILES string of the molecule is CC(=O)Oc1ccc(C[C@@H](NC(=O)OCC2c3ccccc3-c3ccccc32)C(=O)O)cc1. The lowest BCUT2D eigenvalue weighted by Crippen LogP contribution is -2.42. The fourth-order valence-corrected chi connectivity index (χ4v) is 4.08. The zero-order valence-electron chi connectivity index (χ0n) is 18.0. The van der Waals surface area contributed by atoms with Crippen LogP contribution in [0.2, 0.25) is 0 Å². The topological polar surface area (TPSA) is 102 Å². The molecule has 3 aromatic rings. The summed E-state index contributed by atoms with van der Waals surface area (Å²) in [5.74, 6) is -1.36. The van der Waals surface area contributed by atoms with Crippen molar-refractivity contribution in [2.24, 2.45) is 0 Å². The summed E-state index contributed by atoms with van der Waals surface area (Å²) in [6, 6.07) is 21.2. The number of carboxylic acid groups (broad SMARTS) is 1. The van der Waals surface area contributed by atoms with E-state index < -0.39 is 24.1 Å². The highest BCUT2D eigenvalue weighted by atomic mass is 16.5. The van der Waals surface area contributed by atoms with Gasteiger partial charge in [-0.15, -0.1) is 0 Å². The van der Waals surface area contributed by atoms with Gasteiger partial charge in [0.05, 0.1) is 0 Å². The molecule has 1 aliphatic carbocycles. The highest BCUT2D eigenvalue weighted by Crippen LogP contribution is 2.44. The van der Waals surface area contributed by atoms with E-state index in [1.807, 2.05) is 48.5 Å². The first-order valence-corrected chi connectivity index (χ1v) is 10.5. The Hall–Kier alpha value is -4.13. The third kappa shape index (κ3) is 5.03. The van der Waals surface area contributed by atoms with Crippen LogP contribution in [-0.4, -0.2) is 35.8 Å². The van der Waals surface area contributed by atoms with Gasteiger partial charge in [-0.1, -0.05) is 60.7 Å². The summed E-state index contributed by atoms with van der Waals surface area (Å²) < 4.78 is 10.4. The van der Waals surface area contributed by atoms with Crippen LogP contribution in [0, 0.1) is 0 Å². The number of rotatable bonds is 7. The minimum Gasteiger partial charge on any atom is -0.480 e. The molecule has 0 aromatic heterocycles. The molecule has 1 aliphatic rings. The molecule has 2 N–H and O–H groups in total. The van der Waals surface area contributed by atoms with E-state index in [0.717, 1.165) is 22.3 Å². The van der Waals surface area contributed by atoms with Crippen molar-refractivity contribution in [2.75, 3.05) is 6.61 Å². The third-order valence-corrected chi connectivity index (χ3v) is 5.56. The van der Waals surface area contributed by atoms with Crippen molar-refractivity contribution in [1.82, 2.24) is 5.32 Å². The number of hydrogen-bond donors (Lipinski definition) is 2. The van der Waals surface area contributed by atoms with Crippen LogP contribution in [0.4, 0.5) is 4.79 Å². The maximum Gasteiger partial charge on any atom is 0.407 e. The Balaban J connectivity index is 1.39. The van der Waals surface area contributed by atoms with Crippen LogP contribution < -0.4 is 10.1 Å². The highest BCUT2D eigenvalue weighted by Gasteiger charge is 2.29. The average molecular weight is 445 g/mol. The number of aliphatic carboxylic acids is 1. The molecule has 3 aromatic carbocycles. The fraction of sp³-hybridized carbons (Fsp3) is 0.192. The van der Waals surface area contributed by atoms with Gasteiger partial charge >= 0.3 is 18.0 Å². The van der Waals surface area contributed by atoms with Gasteiger partial charge in [-0.25, -0.2) is 9.59 Å². The van der Waals surface area contributed by atoms with Crippen molar-refractivity contribution in [3.05, 3.63) is 89.5 Å². The molecule has 0 radical (unpaired) electrons. The molecule has 4 rings (SSSR count). The number of nitrogens with one attached hydrogen (secondary N) is 1. The summed E-state index contributed by atoms with van der Waals surface area (Å²) in [5.41, 5.74) is 5.05. The van der Waals surface area contributed by atoms with Gasteiger partial charge < -0.3 is 19.9 Å². The molecule has 0 spiro atoms. The van der Waals surface area contributed by atoms with Crippen LogP contribution in [0.1, 0.15) is 29.5 Å². The molecule has 168 valence electrons. The number of fused-ring (bicyclic) bond motifs is 3. The number of amides is 1. The van der Waals surface area contributed by atoms with Crippen molar-refractivity contribution in [2.45, 2.75) is 25.3 Å². The molecule has 0 fully saturated rings. The predicted octanol–water partition coefficient (Wildman–Crippen LogP) is 4.15. The molecule has 0 saturated heterocycles. The van der Waals surface area contributed by atoms with Gasteiger partial charge in [-0.3, -0.25) is 4.79 Å². The molecule has 33 heavy (non-hydrogen) atoms. The van der Waals surface area contributed by atoms with Gasteiger partial charge in [0.15, 0.2) is 0 Å². The Kier molecular flexibility index (Phi) is 6.40. The quantitative estimate of drug-likeness (QED) is 0.419. The number of esters is 1. The Morgan fingerprint density at radius 1 is 0.909 bits per heavy atom. The molecular weight excluding hydrogens is 422 g/mol. The molecule has 0 aliphatic heterocycles. The normalized spacial score (nSPS) is 12.9. The van der Waals surface area contributed by atoms with Gasteiger partial charge in [0.25, 0.3) is 0 Å². The standard InChI is InChI=1S/C26H23NO6/c1-16(28)33-18-12-10-17(11-13-18)14-24(25(29)30)27-26(31)32-15-23-21-8-4-2-6-19(21)20-7-3-5-9-22(20)23/h2-13,23-24H,14-15H2,1H3,(H,27,31)(H,29,30)/t24-/m1/s1. The minimum absolute atomic E-state index is 0.0554. The molecule has 1 atom stereocenters. The number of carbonyl (C=O) groups excluding carboxylic acids is 2. The third-order valence-electron chi connectivity index (χ3n) is 5.56. The molecule has 7 nitrogen and oxygen atoms in total. The maximum atomic E-state index is 12.5. The lowest BCUT2D eigenvalue weighted by molar-refractivity contribution is -0.139. The van der Waals surface area contributed by atoms with Crippen molar-refractivity contribution in [1.29, 1.82) is 0 Å². The lowest BCUT2D eigenvalue weighted by atomic mass is 9.98. The van der Waals surface area contributed by atoms with Crippen LogP contribution in [0.25, 0.3) is 11.1 Å². The number of carbonyl (C=O) groups is 3. The number of benzene rings is 3. The van der Waals surface area contributed by atoms with Gasteiger partial charge in [0.1, 0.15) is 18.4 Å². The first kappa shape index (κ1) is 22.1. The molecular formula is C26H23NO6. The highest BCUT2D eigenvalue weighted by molar-refractivity contribution is 5.81. The second-order valence-corrected chi connectivity index (χ2v) is 7.80. The zero-order chi connectivity index (χ0) is 23.4. The summed E-state index contributed by atoms with van der Waals surface area (Å²) >= 11 is 0. The molecule has 0 heterocycles. The fourth-order valence-electron chi connectivity index (χ4n) is 4.08. The summed E-state index contributed by atoms with van der Waals surface area (Å²) in [4.78, 5) is 35.2. The van der Waals surface area contributed by atoms with E-state index >= 15 is 0 Å². The lowest BCUT2D eigenvalue weighted by Gasteiger charge is -2.17. The summed E-state index contributed by atoms with van der Waals surface area (Å²) in [6.45, 7) is 1.40. The predicted molar refractivity (Wildman–Crippen MR) is 121 cm³/mol. The second-order valence-electron chi connectivity index (χ2n) is 7.80. The number of carboxylic acids is 1. The van der Waals surface area contributed by atoms with Crippen LogP contribution in [0.3, 0.4) is 0 Å². The second kappa shape index (κ2) is 9.56. The Morgan fingerprint density at radius 3 is 2.03 bits per heavy atom. The van der Waals surface area contributed by atoms with Crippen molar-refractivity contribution < 1.29 is 29.0 Å². The Bertz CT molecular complexity index is 1140. The van der Waals surface area contributed by atoms with E-state index in [2.05, 4.69) is 5.32 Å². The van der Waals surface area contributed by atoms with Gasteiger partial charge in [0, 0.05) is 19.3 Å². The minimum atomic E-state index is -1.17. The van der Waals surface area contributed by atoms with Crippen LogP contribution in [0.5, 0.6) is 5.75 Å². The van der Waals surface area contributed by atoms with Crippen molar-refractivity contribution in [3.8, 4) is 16.9 Å². The van der Waals surface area contributed by atoms with Gasteiger partial charge in [-0.2, -0.15) is 0 Å². The monoisotopic (exact) mass is 445 g/mol. The number of hydrogen-bond acceptors (Lipinski definition) is 5. The largest absolute Gasteiger partial charge is 0.480 e. The van der Waals surface area contributed by atoms with E-state index in [1.165, 1.54) is 6.92 Å². The first-order valence-electron chi connectivity index (χ1n) is 10.5. The summed E-state index contributed by atoms with van der Waals surface area (Å²) in [5, 5.41) is 12.0. The van der Waals surface area contributed by atoms with Crippen molar-refractivity contribution >= 4 is 18.0 Å². The van der Waals surface area contributed by atoms with Crippen LogP contribution in [0.15, 0.2) is 72.8 Å². The van der Waals surface area contributed by atoms with Crippen LogP contribution in [-0.2, 0) is 20.7 Å². The molecule has 0 saturated carbocycles. The summed E-state index contributed by atoms with van der Waals surface area (Å²) in [7, 11) is 0. The van der Waals surface area contributed by atoms with E-state index in [0.29, 0.717) is 11.3 Å². The first-order chi connectivity index (χ1) is 15.9. The van der Waals surface area contributed by atoms with Gasteiger partial charge in [0.2, 0.25) is 0 Å². The molecule has 7 heteroatoms. The number of alkyl carbamates (subject to hydrolysis) is 1. The van der Waals surface area contributed by atoms with E-state index in [-0.39, 0.29) is 18.9 Å². The molecule has 1 amide bonds. The zero-order valence-corrected chi connectivity index (χ0v) is 18.0. The molecule has 0 unspecified atom stereocenters. The molecule has 0 bridgehead atoms. The van der Waals surface area contributed by atoms with E-state index in [1.54, 1.807) is 24.3 Å². The summed E-state index contributed by atoms with van der Waals surface area (Å²) in [6.07, 6.45) is -0.735. The smallest absolute Gasteiger partial charge is 0.407 e. The maximum absolute atomic E-state index is 12.5. The van der Waals surface area contributed by atoms with E-state index in [9.17, 15) is 19.5 Å².